The predicted molar refractivity (Wildman–Crippen MR) is 48.6 cm³/mol. The van der Waals surface area contributed by atoms with Crippen LogP contribution in [0.3, 0.4) is 0 Å². The Morgan fingerprint density at radius 2 is 2.07 bits per heavy atom. The Labute approximate surface area is 87.3 Å². The van der Waals surface area contributed by atoms with Crippen LogP contribution >= 0.6 is 11.6 Å². The van der Waals surface area contributed by atoms with E-state index in [0.29, 0.717) is 11.1 Å². The molecule has 0 radical (unpaired) electrons. The maximum absolute atomic E-state index is 12.4. The number of fused-ring (bicyclic) bond motifs is 1. The third-order valence-corrected chi connectivity index (χ3v) is 2.24. The van der Waals surface area contributed by atoms with E-state index in [9.17, 15) is 13.2 Å². The second-order valence-electron chi connectivity index (χ2n) is 3.04. The van der Waals surface area contributed by atoms with Gasteiger partial charge in [0.2, 0.25) is 0 Å². The van der Waals surface area contributed by atoms with Gasteiger partial charge in [0, 0.05) is 11.1 Å². The number of rotatable bonds is 0. The minimum absolute atomic E-state index is 0.246. The third-order valence-electron chi connectivity index (χ3n) is 1.98. The van der Waals surface area contributed by atoms with Gasteiger partial charge in [0.25, 0.3) is 0 Å². The summed E-state index contributed by atoms with van der Waals surface area (Å²) in [6.45, 7) is 1.62. The lowest BCUT2D eigenvalue weighted by molar-refractivity contribution is -0.141. The fraction of sp³-hybridized carbons (Fsp3) is 0.250. The number of aromatic amines is 1. The molecule has 15 heavy (non-hydrogen) atoms. The molecule has 0 aliphatic heterocycles. The topological polar surface area (TPSA) is 41.6 Å². The molecule has 0 bridgehead atoms. The van der Waals surface area contributed by atoms with E-state index in [4.69, 9.17) is 11.6 Å². The Balaban J connectivity index is 2.76. The summed E-state index contributed by atoms with van der Waals surface area (Å²) < 4.78 is 37.1. The smallest absolute Gasteiger partial charge is 0.282 e. The van der Waals surface area contributed by atoms with Gasteiger partial charge >= 0.3 is 6.18 Å². The van der Waals surface area contributed by atoms with Crippen LogP contribution in [0.1, 0.15) is 11.4 Å². The normalized spacial score (nSPS) is 12.3. The van der Waals surface area contributed by atoms with Crippen LogP contribution in [0.5, 0.6) is 0 Å². The molecule has 80 valence electrons. The number of nitrogens with one attached hydrogen (secondary N) is 1. The van der Waals surface area contributed by atoms with Crippen LogP contribution in [-0.4, -0.2) is 15.2 Å². The van der Waals surface area contributed by atoms with Crippen LogP contribution in [0, 0.1) is 6.92 Å². The molecule has 2 aromatic heterocycles. The molecule has 2 aromatic rings. The summed E-state index contributed by atoms with van der Waals surface area (Å²) in [5.74, 6) is 0. The molecule has 0 unspecified atom stereocenters. The molecular formula is C8H5ClF3N3. The van der Waals surface area contributed by atoms with Crippen molar-refractivity contribution in [3.05, 3.63) is 22.6 Å². The molecule has 0 fully saturated rings. The average molecular weight is 236 g/mol. The Hall–Kier alpha value is -1.30. The monoisotopic (exact) mass is 235 g/mol. The number of hydrogen-bond donors (Lipinski definition) is 1. The van der Waals surface area contributed by atoms with Gasteiger partial charge in [0.05, 0.1) is 0 Å². The first-order chi connectivity index (χ1) is 6.89. The fourth-order valence-corrected chi connectivity index (χ4v) is 1.48. The number of alkyl halides is 3. The summed E-state index contributed by atoms with van der Waals surface area (Å²) >= 11 is 5.59. The van der Waals surface area contributed by atoms with Crippen LogP contribution in [0.25, 0.3) is 10.9 Å². The van der Waals surface area contributed by atoms with Crippen LogP contribution in [0.2, 0.25) is 5.15 Å². The van der Waals surface area contributed by atoms with E-state index >= 15 is 0 Å². The van der Waals surface area contributed by atoms with Crippen molar-refractivity contribution in [2.24, 2.45) is 0 Å². The van der Waals surface area contributed by atoms with Crippen LogP contribution < -0.4 is 0 Å². The highest BCUT2D eigenvalue weighted by Crippen LogP contribution is 2.32. The number of aromatic nitrogens is 3. The number of hydrogen-bond acceptors (Lipinski definition) is 2. The Morgan fingerprint density at radius 1 is 1.40 bits per heavy atom. The molecule has 0 saturated heterocycles. The summed E-state index contributed by atoms with van der Waals surface area (Å²) in [5.41, 5.74) is -0.230. The van der Waals surface area contributed by atoms with Gasteiger partial charge in [-0.25, -0.2) is 4.98 Å². The molecule has 7 heteroatoms. The lowest BCUT2D eigenvalue weighted by atomic mass is 10.2. The molecule has 0 spiro atoms. The van der Waals surface area contributed by atoms with Crippen molar-refractivity contribution in [3.8, 4) is 0 Å². The highest BCUT2D eigenvalue weighted by molar-refractivity contribution is 6.33. The van der Waals surface area contributed by atoms with E-state index in [2.05, 4.69) is 15.2 Å². The maximum atomic E-state index is 12.4. The third kappa shape index (κ3) is 1.65. The highest BCUT2D eigenvalue weighted by atomic mass is 35.5. The second-order valence-corrected chi connectivity index (χ2v) is 3.40. The van der Waals surface area contributed by atoms with Crippen molar-refractivity contribution < 1.29 is 13.2 Å². The molecule has 0 saturated carbocycles. The van der Waals surface area contributed by atoms with Gasteiger partial charge in [-0.3, -0.25) is 5.10 Å². The van der Waals surface area contributed by atoms with E-state index in [-0.39, 0.29) is 10.7 Å². The van der Waals surface area contributed by atoms with E-state index in [1.165, 1.54) is 0 Å². The van der Waals surface area contributed by atoms with E-state index in [0.717, 1.165) is 6.07 Å². The minimum Gasteiger partial charge on any atom is -0.282 e. The van der Waals surface area contributed by atoms with Crippen LogP contribution in [-0.2, 0) is 6.18 Å². The highest BCUT2D eigenvalue weighted by Gasteiger charge is 2.33. The Kier molecular flexibility index (Phi) is 2.11. The maximum Gasteiger partial charge on any atom is 0.433 e. The quantitative estimate of drug-likeness (QED) is 0.714. The van der Waals surface area contributed by atoms with Gasteiger partial charge in [0.15, 0.2) is 5.15 Å². The summed E-state index contributed by atoms with van der Waals surface area (Å²) in [6.07, 6.45) is -4.50. The van der Waals surface area contributed by atoms with Crippen molar-refractivity contribution in [2.45, 2.75) is 13.1 Å². The molecule has 0 amide bonds. The van der Waals surface area contributed by atoms with Crippen molar-refractivity contribution in [3.63, 3.8) is 0 Å². The van der Waals surface area contributed by atoms with E-state index in [1.54, 1.807) is 6.92 Å². The Bertz CT molecular complexity index is 518. The first kappa shape index (κ1) is 10.2. The van der Waals surface area contributed by atoms with Gasteiger partial charge in [-0.2, -0.15) is 18.3 Å². The number of halogens is 4. The van der Waals surface area contributed by atoms with Crippen molar-refractivity contribution in [2.75, 3.05) is 0 Å². The Morgan fingerprint density at radius 3 is 2.67 bits per heavy atom. The molecule has 1 N–H and O–H groups in total. The van der Waals surface area contributed by atoms with Crippen LogP contribution in [0.4, 0.5) is 13.2 Å². The average Bonchev–Trinajstić information content (AvgIpc) is 2.47. The molecule has 0 aliphatic rings. The van der Waals surface area contributed by atoms with Crippen LogP contribution in [0.15, 0.2) is 6.07 Å². The van der Waals surface area contributed by atoms with Gasteiger partial charge in [-0.05, 0) is 13.0 Å². The number of aryl methyl sites for hydroxylation is 1. The lowest BCUT2D eigenvalue weighted by Gasteiger charge is -2.05. The minimum atomic E-state index is -4.50. The largest absolute Gasteiger partial charge is 0.433 e. The first-order valence-electron chi connectivity index (χ1n) is 3.98. The number of nitrogens with zero attached hydrogens (tertiary/aromatic N) is 2. The molecule has 0 atom stereocenters. The molecule has 3 nitrogen and oxygen atoms in total. The first-order valence-corrected chi connectivity index (χ1v) is 4.36. The summed E-state index contributed by atoms with van der Waals surface area (Å²) in [6, 6.07) is 0.931. The summed E-state index contributed by atoms with van der Waals surface area (Å²) in [4.78, 5) is 3.24. The molecule has 0 aliphatic carbocycles. The summed E-state index contributed by atoms with van der Waals surface area (Å²) in [7, 11) is 0. The zero-order valence-corrected chi connectivity index (χ0v) is 8.24. The standard InChI is InChI=1S/C8H5ClF3N3/c1-3-4-2-5(8(10,11)12)13-7(9)6(4)15-14-3/h2H,1H3,(H,14,15). The van der Waals surface area contributed by atoms with Crippen molar-refractivity contribution in [1.82, 2.24) is 15.2 Å². The predicted octanol–water partition coefficient (Wildman–Crippen LogP) is 2.94. The molecule has 2 heterocycles. The van der Waals surface area contributed by atoms with Crippen molar-refractivity contribution in [1.29, 1.82) is 0 Å². The fourth-order valence-electron chi connectivity index (χ4n) is 1.24. The van der Waals surface area contributed by atoms with E-state index < -0.39 is 11.9 Å². The number of H-pyrrole nitrogens is 1. The van der Waals surface area contributed by atoms with Gasteiger partial charge in [-0.1, -0.05) is 11.6 Å². The zero-order valence-electron chi connectivity index (χ0n) is 7.48. The van der Waals surface area contributed by atoms with Gasteiger partial charge in [-0.15, -0.1) is 0 Å². The number of pyridine rings is 1. The van der Waals surface area contributed by atoms with Gasteiger partial charge in [0.1, 0.15) is 11.2 Å². The lowest BCUT2D eigenvalue weighted by Crippen LogP contribution is -2.07. The SMILES string of the molecule is Cc1[nH]nc2c(Cl)nc(C(F)(F)F)cc12. The van der Waals surface area contributed by atoms with Crippen molar-refractivity contribution >= 4 is 22.5 Å². The molecule has 0 aromatic carbocycles. The van der Waals surface area contributed by atoms with Gasteiger partial charge < -0.3 is 0 Å². The second kappa shape index (κ2) is 3.10. The summed E-state index contributed by atoms with van der Waals surface area (Å²) in [5, 5.41) is 6.40. The molecular weight excluding hydrogens is 231 g/mol. The zero-order chi connectivity index (χ0) is 11.2. The van der Waals surface area contributed by atoms with E-state index in [1.807, 2.05) is 0 Å². The molecule has 2 rings (SSSR count).